The van der Waals surface area contributed by atoms with Crippen molar-refractivity contribution in [2.75, 3.05) is 14.1 Å². The summed E-state index contributed by atoms with van der Waals surface area (Å²) in [6.07, 6.45) is 0.0926. The summed E-state index contributed by atoms with van der Waals surface area (Å²) in [4.78, 5) is 67.4. The van der Waals surface area contributed by atoms with E-state index in [9.17, 15) is 38.6 Å². The largest absolute Gasteiger partial charge is 0.507 e. The second kappa shape index (κ2) is 8.39. The zero-order valence-corrected chi connectivity index (χ0v) is 20.1. The molecule has 0 saturated heterocycles. The topological polar surface area (TPSA) is 155 Å². The smallest absolute Gasteiger partial charge is 0.235 e. The summed E-state index contributed by atoms with van der Waals surface area (Å²) in [5.74, 6) is -11.4. The molecule has 0 aromatic heterocycles. The average molecular weight is 509 g/mol. The lowest BCUT2D eigenvalue weighted by molar-refractivity contribution is -0.181. The zero-order chi connectivity index (χ0) is 27.0. The highest BCUT2D eigenvalue weighted by Gasteiger charge is 2.69. The van der Waals surface area contributed by atoms with Gasteiger partial charge >= 0.3 is 0 Å². The van der Waals surface area contributed by atoms with Crippen LogP contribution < -0.4 is 5.73 Å². The Morgan fingerprint density at radius 2 is 1.70 bits per heavy atom. The minimum atomic E-state index is -2.76. The highest BCUT2D eigenvalue weighted by atomic mass is 19.1. The molecular weight excluding hydrogens is 483 g/mol. The summed E-state index contributed by atoms with van der Waals surface area (Å²) in [6.45, 7) is 0. The van der Waals surface area contributed by atoms with Gasteiger partial charge in [0.05, 0.1) is 17.5 Å². The van der Waals surface area contributed by atoms with Gasteiger partial charge in [-0.15, -0.1) is 0 Å². The van der Waals surface area contributed by atoms with E-state index in [1.165, 1.54) is 49.3 Å². The monoisotopic (exact) mass is 508 g/mol. The van der Waals surface area contributed by atoms with Crippen LogP contribution in [0.5, 0.6) is 5.75 Å². The molecule has 2 saturated carbocycles. The normalized spacial score (nSPS) is 31.1. The third kappa shape index (κ3) is 3.39. The van der Waals surface area contributed by atoms with Gasteiger partial charge < -0.3 is 15.9 Å². The number of hydrogen-bond acceptors (Lipinski definition) is 8. The van der Waals surface area contributed by atoms with E-state index in [4.69, 9.17) is 5.73 Å². The predicted octanol–water partition coefficient (Wildman–Crippen LogP) is 0.673. The molecule has 2 aromatic rings. The lowest BCUT2D eigenvalue weighted by atomic mass is 9.52. The van der Waals surface area contributed by atoms with Crippen LogP contribution in [-0.2, 0) is 25.6 Å². The standard InChI is InChI=1S/C27H25FN2O7/c1-30(2)21-16-10-12-9-15-14(11-3-5-13(28)6-4-11)7-8-17(31)19(15)22(32)18(12)24(34)27(16,37)25(35)20(23(21)33)26(29)36/h3-8,12,16,18,20-21,31,37H,9-10H2,1-2H3,(H2,29,36)/t12-,16-,18?,20?,21-,27-/m1/s1. The lowest BCUT2D eigenvalue weighted by Gasteiger charge is -2.52. The number of aliphatic hydroxyl groups is 1. The molecule has 6 atom stereocenters. The van der Waals surface area contributed by atoms with E-state index in [1.807, 2.05) is 0 Å². The van der Waals surface area contributed by atoms with Crippen LogP contribution in [0.25, 0.3) is 11.1 Å². The van der Waals surface area contributed by atoms with E-state index < -0.39 is 70.2 Å². The molecular formula is C27H25FN2O7. The molecule has 3 aliphatic carbocycles. The van der Waals surface area contributed by atoms with Crippen molar-refractivity contribution in [1.82, 2.24) is 4.90 Å². The number of carbonyl (C=O) groups excluding carboxylic acids is 5. The number of halogens is 1. The van der Waals surface area contributed by atoms with Gasteiger partial charge in [0, 0.05) is 5.92 Å². The van der Waals surface area contributed by atoms with Crippen LogP contribution in [0.4, 0.5) is 4.39 Å². The Labute approximate surface area is 211 Å². The van der Waals surface area contributed by atoms with E-state index in [-0.39, 0.29) is 24.2 Å². The van der Waals surface area contributed by atoms with Crippen molar-refractivity contribution >= 4 is 29.0 Å². The van der Waals surface area contributed by atoms with E-state index in [0.29, 0.717) is 16.7 Å². The number of phenolic OH excluding ortho intramolecular Hbond substituents is 1. The van der Waals surface area contributed by atoms with Crippen LogP contribution in [0.1, 0.15) is 22.3 Å². The number of likely N-dealkylation sites (N-methyl/N-ethyl adjacent to an activating group) is 1. The van der Waals surface area contributed by atoms with Crippen molar-refractivity contribution in [2.45, 2.75) is 24.5 Å². The number of aromatic hydroxyl groups is 1. The van der Waals surface area contributed by atoms with Crippen molar-refractivity contribution < 1.29 is 38.6 Å². The van der Waals surface area contributed by atoms with Gasteiger partial charge in [0.15, 0.2) is 34.7 Å². The minimum Gasteiger partial charge on any atom is -0.507 e. The Kier molecular flexibility index (Phi) is 5.65. The maximum absolute atomic E-state index is 13.8. The first kappa shape index (κ1) is 24.9. The van der Waals surface area contributed by atoms with Crippen LogP contribution in [-0.4, -0.2) is 69.9 Å². The van der Waals surface area contributed by atoms with Crippen molar-refractivity contribution in [3.05, 3.63) is 53.3 Å². The van der Waals surface area contributed by atoms with E-state index in [1.54, 1.807) is 6.07 Å². The number of rotatable bonds is 3. The van der Waals surface area contributed by atoms with Gasteiger partial charge in [0.1, 0.15) is 11.6 Å². The first-order chi connectivity index (χ1) is 17.4. The zero-order valence-electron chi connectivity index (χ0n) is 20.1. The molecule has 2 aromatic carbocycles. The first-order valence-corrected chi connectivity index (χ1v) is 11.8. The van der Waals surface area contributed by atoms with Gasteiger partial charge in [0.25, 0.3) is 0 Å². The molecule has 192 valence electrons. The Balaban J connectivity index is 1.66. The van der Waals surface area contributed by atoms with Crippen LogP contribution in [0.15, 0.2) is 36.4 Å². The number of ketones is 4. The molecule has 3 aliphatic rings. The molecule has 4 N–H and O–H groups in total. The van der Waals surface area contributed by atoms with Crippen LogP contribution in [0.2, 0.25) is 0 Å². The Bertz CT molecular complexity index is 1390. The Morgan fingerprint density at radius 1 is 1.05 bits per heavy atom. The maximum atomic E-state index is 13.8. The van der Waals surface area contributed by atoms with Gasteiger partial charge in [-0.3, -0.25) is 28.9 Å². The van der Waals surface area contributed by atoms with Gasteiger partial charge in [-0.1, -0.05) is 18.2 Å². The fourth-order valence-electron chi connectivity index (χ4n) is 6.50. The molecule has 1 amide bonds. The quantitative estimate of drug-likeness (QED) is 0.511. The number of carbonyl (C=O) groups is 5. The molecule has 2 fully saturated rings. The first-order valence-electron chi connectivity index (χ1n) is 11.8. The fraction of sp³-hybridized carbons (Fsp3) is 0.370. The Hall–Kier alpha value is -3.76. The van der Waals surface area contributed by atoms with E-state index >= 15 is 0 Å². The summed E-state index contributed by atoms with van der Waals surface area (Å²) in [7, 11) is 3.05. The van der Waals surface area contributed by atoms with Gasteiger partial charge in [-0.05, 0) is 67.7 Å². The summed E-state index contributed by atoms with van der Waals surface area (Å²) >= 11 is 0. The number of nitrogens with zero attached hydrogens (tertiary/aromatic N) is 1. The summed E-state index contributed by atoms with van der Waals surface area (Å²) < 4.78 is 13.5. The summed E-state index contributed by atoms with van der Waals surface area (Å²) in [5.41, 5.74) is 4.08. The number of phenols is 1. The number of hydrogen-bond donors (Lipinski definition) is 3. The SMILES string of the molecule is CN(C)[C@H]1C(=O)C(C(N)=O)C(=O)[C@]2(O)C(=O)C3C(=O)c4c(O)ccc(-c5ccc(F)cc5)c4C[C@@H]3C[C@H]12. The molecule has 5 rings (SSSR count). The van der Waals surface area contributed by atoms with E-state index in [0.717, 1.165) is 0 Å². The highest BCUT2D eigenvalue weighted by Crippen LogP contribution is 2.51. The molecule has 0 radical (unpaired) electrons. The average Bonchev–Trinajstić information content (AvgIpc) is 2.82. The highest BCUT2D eigenvalue weighted by molar-refractivity contribution is 6.32. The van der Waals surface area contributed by atoms with Crippen molar-refractivity contribution in [2.24, 2.45) is 29.4 Å². The molecule has 37 heavy (non-hydrogen) atoms. The number of nitrogens with two attached hydrogens (primary N) is 1. The molecule has 2 unspecified atom stereocenters. The molecule has 0 spiro atoms. The van der Waals surface area contributed by atoms with Crippen molar-refractivity contribution in [3.63, 3.8) is 0 Å². The summed E-state index contributed by atoms with van der Waals surface area (Å²) in [5, 5.41) is 22.2. The minimum absolute atomic E-state index is 0.0393. The number of Topliss-reactive ketones (excluding diaryl/α,β-unsaturated/α-hetero) is 4. The molecule has 10 heteroatoms. The molecule has 0 aliphatic heterocycles. The predicted molar refractivity (Wildman–Crippen MR) is 127 cm³/mol. The van der Waals surface area contributed by atoms with Crippen molar-refractivity contribution in [3.8, 4) is 16.9 Å². The third-order valence-corrected chi connectivity index (χ3v) is 8.10. The second-order valence-electron chi connectivity index (χ2n) is 10.3. The third-order valence-electron chi connectivity index (χ3n) is 8.10. The van der Waals surface area contributed by atoms with Gasteiger partial charge in [0.2, 0.25) is 5.91 Å². The molecule has 9 nitrogen and oxygen atoms in total. The van der Waals surface area contributed by atoms with Gasteiger partial charge in [-0.25, -0.2) is 4.39 Å². The van der Waals surface area contributed by atoms with Crippen molar-refractivity contribution in [1.29, 1.82) is 0 Å². The van der Waals surface area contributed by atoms with E-state index in [2.05, 4.69) is 0 Å². The number of fused-ring (bicyclic) bond motifs is 3. The summed E-state index contributed by atoms with van der Waals surface area (Å²) in [6, 6.07) is 7.34. The fourth-order valence-corrected chi connectivity index (χ4v) is 6.50. The number of primary amides is 1. The lowest BCUT2D eigenvalue weighted by Crippen LogP contribution is -2.74. The van der Waals surface area contributed by atoms with Crippen LogP contribution in [0, 0.1) is 29.5 Å². The Morgan fingerprint density at radius 3 is 2.30 bits per heavy atom. The van der Waals surface area contributed by atoms with Gasteiger partial charge in [-0.2, -0.15) is 0 Å². The molecule has 0 heterocycles. The van der Waals surface area contributed by atoms with Crippen LogP contribution >= 0.6 is 0 Å². The molecule has 0 bridgehead atoms. The number of benzene rings is 2. The number of amides is 1. The second-order valence-corrected chi connectivity index (χ2v) is 10.3. The maximum Gasteiger partial charge on any atom is 0.235 e. The van der Waals surface area contributed by atoms with Crippen LogP contribution in [0.3, 0.4) is 0 Å².